The van der Waals surface area contributed by atoms with Crippen molar-refractivity contribution in [1.82, 2.24) is 9.88 Å². The predicted octanol–water partition coefficient (Wildman–Crippen LogP) is 4.58. The topological polar surface area (TPSA) is 59.8 Å². The molecule has 0 fully saturated rings. The molecule has 1 aromatic carbocycles. The molecule has 1 aliphatic rings. The van der Waals surface area contributed by atoms with Crippen molar-refractivity contribution in [2.45, 2.75) is 12.3 Å². The van der Waals surface area contributed by atoms with Crippen molar-refractivity contribution in [1.29, 1.82) is 0 Å². The van der Waals surface area contributed by atoms with E-state index in [4.69, 9.17) is 18.9 Å². The van der Waals surface area contributed by atoms with Crippen LogP contribution in [0.1, 0.15) is 11.3 Å². The minimum Gasteiger partial charge on any atom is -0.486 e. The molecule has 0 atom stereocenters. The number of rotatable bonds is 9. The summed E-state index contributed by atoms with van der Waals surface area (Å²) in [5.74, 6) is 4.54. The van der Waals surface area contributed by atoms with Gasteiger partial charge in [0.15, 0.2) is 16.6 Å². The maximum absolute atomic E-state index is 5.67. The summed E-state index contributed by atoms with van der Waals surface area (Å²) in [6, 6.07) is 8.03. The molecule has 3 aromatic rings. The van der Waals surface area contributed by atoms with Crippen LogP contribution in [0.4, 0.5) is 5.13 Å². The molecular formula is C21H25N3O3S2. The molecule has 0 aliphatic carbocycles. The van der Waals surface area contributed by atoms with Crippen LogP contribution in [0.2, 0.25) is 0 Å². The van der Waals surface area contributed by atoms with Gasteiger partial charge in [0.25, 0.3) is 0 Å². The maximum atomic E-state index is 5.67. The van der Waals surface area contributed by atoms with Crippen LogP contribution in [0.15, 0.2) is 40.3 Å². The molecule has 1 N–H and O–H groups in total. The third-order valence-electron chi connectivity index (χ3n) is 4.42. The monoisotopic (exact) mass is 431 g/mol. The van der Waals surface area contributed by atoms with Gasteiger partial charge in [-0.1, -0.05) is 0 Å². The third-order valence-corrected chi connectivity index (χ3v) is 6.18. The van der Waals surface area contributed by atoms with E-state index in [1.54, 1.807) is 17.6 Å². The molecule has 2 aromatic heterocycles. The largest absolute Gasteiger partial charge is 0.486 e. The molecule has 0 bridgehead atoms. The highest BCUT2D eigenvalue weighted by atomic mass is 32.2. The van der Waals surface area contributed by atoms with Gasteiger partial charge >= 0.3 is 0 Å². The first-order valence-corrected chi connectivity index (χ1v) is 11.6. The van der Waals surface area contributed by atoms with Gasteiger partial charge in [-0.15, -0.1) is 11.3 Å². The van der Waals surface area contributed by atoms with Crippen molar-refractivity contribution in [2.24, 2.45) is 0 Å². The van der Waals surface area contributed by atoms with Gasteiger partial charge in [0.2, 0.25) is 0 Å². The molecule has 4 rings (SSSR count). The summed E-state index contributed by atoms with van der Waals surface area (Å²) in [6.45, 7) is 2.97. The Balaban J connectivity index is 1.25. The fourth-order valence-corrected chi connectivity index (χ4v) is 4.64. The van der Waals surface area contributed by atoms with E-state index in [1.807, 2.05) is 30.0 Å². The summed E-state index contributed by atoms with van der Waals surface area (Å²) < 4.78 is 16.9. The van der Waals surface area contributed by atoms with E-state index in [-0.39, 0.29) is 0 Å². The second kappa shape index (κ2) is 9.56. The first-order valence-electron chi connectivity index (χ1n) is 9.56. The Morgan fingerprint density at radius 2 is 2.03 bits per heavy atom. The zero-order chi connectivity index (χ0) is 20.1. The van der Waals surface area contributed by atoms with Gasteiger partial charge in [-0.3, -0.25) is 0 Å². The number of benzene rings is 1. The minimum atomic E-state index is 0.590. The molecule has 1 aliphatic heterocycles. The summed E-state index contributed by atoms with van der Waals surface area (Å²) in [5.41, 5.74) is 3.25. The van der Waals surface area contributed by atoms with E-state index in [0.717, 1.165) is 58.2 Å². The summed E-state index contributed by atoms with van der Waals surface area (Å²) >= 11 is 3.48. The molecule has 0 spiro atoms. The lowest BCUT2D eigenvalue weighted by Gasteiger charge is -2.18. The number of aromatic nitrogens is 1. The number of nitrogens with zero attached hydrogens (tertiary/aromatic N) is 2. The van der Waals surface area contributed by atoms with E-state index in [9.17, 15) is 0 Å². The smallest absolute Gasteiger partial charge is 0.183 e. The summed E-state index contributed by atoms with van der Waals surface area (Å²) in [6.07, 6.45) is 1.78. The van der Waals surface area contributed by atoms with E-state index < -0.39 is 0 Å². The number of hydrogen-bond donors (Lipinski definition) is 1. The van der Waals surface area contributed by atoms with Crippen LogP contribution < -0.4 is 14.8 Å². The molecule has 154 valence electrons. The predicted molar refractivity (Wildman–Crippen MR) is 119 cm³/mol. The highest BCUT2D eigenvalue weighted by Gasteiger charge is 2.14. The van der Waals surface area contributed by atoms with Crippen LogP contribution in [0.5, 0.6) is 11.5 Å². The Kier molecular flexibility index (Phi) is 6.63. The first-order chi connectivity index (χ1) is 14.2. The number of thioether (sulfide) groups is 1. The van der Waals surface area contributed by atoms with Crippen LogP contribution >= 0.6 is 23.1 Å². The number of furan rings is 1. The molecule has 3 heterocycles. The van der Waals surface area contributed by atoms with Crippen LogP contribution in [-0.2, 0) is 12.3 Å². The van der Waals surface area contributed by atoms with E-state index in [0.29, 0.717) is 13.2 Å². The van der Waals surface area contributed by atoms with Gasteiger partial charge in [0, 0.05) is 35.3 Å². The highest BCUT2D eigenvalue weighted by molar-refractivity contribution is 7.98. The summed E-state index contributed by atoms with van der Waals surface area (Å²) in [5, 5.41) is 6.41. The van der Waals surface area contributed by atoms with Crippen molar-refractivity contribution in [2.75, 3.05) is 44.9 Å². The molecule has 0 saturated carbocycles. The molecule has 6 nitrogen and oxygen atoms in total. The molecule has 0 amide bonds. The van der Waals surface area contributed by atoms with Crippen molar-refractivity contribution in [3.8, 4) is 22.8 Å². The van der Waals surface area contributed by atoms with Gasteiger partial charge in [0.1, 0.15) is 19.0 Å². The Hall–Kier alpha value is -2.16. The zero-order valence-corrected chi connectivity index (χ0v) is 18.3. The summed E-state index contributed by atoms with van der Waals surface area (Å²) in [7, 11) is 4.14. The molecule has 0 saturated heterocycles. The number of nitrogens with one attached hydrogen (secondary N) is 1. The van der Waals surface area contributed by atoms with E-state index in [2.05, 4.69) is 35.8 Å². The Labute approximate surface area is 179 Å². The van der Waals surface area contributed by atoms with Crippen molar-refractivity contribution >= 4 is 28.2 Å². The van der Waals surface area contributed by atoms with E-state index in [1.165, 1.54) is 5.56 Å². The summed E-state index contributed by atoms with van der Waals surface area (Å²) in [4.78, 5) is 6.86. The Morgan fingerprint density at radius 3 is 2.90 bits per heavy atom. The molecule has 8 heteroatoms. The quantitative estimate of drug-likeness (QED) is 0.498. The minimum absolute atomic E-state index is 0.590. The van der Waals surface area contributed by atoms with Gasteiger partial charge in [-0.25, -0.2) is 4.98 Å². The van der Waals surface area contributed by atoms with Crippen molar-refractivity contribution in [3.63, 3.8) is 0 Å². The lowest BCUT2D eigenvalue weighted by atomic mass is 10.1. The average molecular weight is 432 g/mol. The standard InChI is InChI=1S/C21H25N3O3S2/c1-24(2)12-16-5-7-25-20(16)14-28-10-6-22-21-23-17(13-29-21)15-3-4-18-19(11-15)27-9-8-26-18/h3-5,7,11,13H,6,8-10,12,14H2,1-2H3,(H,22,23). The normalized spacial score (nSPS) is 13.1. The van der Waals surface area contributed by atoms with Crippen LogP contribution in [0.3, 0.4) is 0 Å². The molecule has 0 radical (unpaired) electrons. The fourth-order valence-electron chi connectivity index (χ4n) is 3.06. The van der Waals surface area contributed by atoms with Crippen molar-refractivity contribution in [3.05, 3.63) is 47.2 Å². The van der Waals surface area contributed by atoms with Gasteiger partial charge in [-0.05, 0) is 38.4 Å². The second-order valence-electron chi connectivity index (χ2n) is 6.98. The lowest BCUT2D eigenvalue weighted by molar-refractivity contribution is 0.171. The lowest BCUT2D eigenvalue weighted by Crippen LogP contribution is -2.15. The number of thiazole rings is 1. The zero-order valence-electron chi connectivity index (χ0n) is 16.6. The molecule has 29 heavy (non-hydrogen) atoms. The van der Waals surface area contributed by atoms with Gasteiger partial charge < -0.3 is 24.1 Å². The number of ether oxygens (including phenoxy) is 2. The molecular weight excluding hydrogens is 406 g/mol. The first kappa shape index (κ1) is 20.1. The number of fused-ring (bicyclic) bond motifs is 1. The third kappa shape index (κ3) is 5.26. The highest BCUT2D eigenvalue weighted by Crippen LogP contribution is 2.35. The van der Waals surface area contributed by atoms with E-state index >= 15 is 0 Å². The Bertz CT molecular complexity index is 939. The Morgan fingerprint density at radius 1 is 1.17 bits per heavy atom. The average Bonchev–Trinajstić information content (AvgIpc) is 3.37. The van der Waals surface area contributed by atoms with Gasteiger partial charge in [0.05, 0.1) is 17.7 Å². The second-order valence-corrected chi connectivity index (χ2v) is 8.95. The van der Waals surface area contributed by atoms with Crippen molar-refractivity contribution < 1.29 is 13.9 Å². The van der Waals surface area contributed by atoms with Crippen LogP contribution in [0.25, 0.3) is 11.3 Å². The van der Waals surface area contributed by atoms with Crippen LogP contribution in [-0.4, -0.2) is 49.5 Å². The van der Waals surface area contributed by atoms with Gasteiger partial charge in [-0.2, -0.15) is 11.8 Å². The fraction of sp³-hybridized carbons (Fsp3) is 0.381. The van der Waals surface area contributed by atoms with Crippen LogP contribution in [0, 0.1) is 0 Å². The number of hydrogen-bond acceptors (Lipinski definition) is 8. The SMILES string of the molecule is CN(C)Cc1ccoc1CSCCNc1nc(-c2ccc3c(c2)OCCO3)cs1. The maximum Gasteiger partial charge on any atom is 0.183 e. The number of anilines is 1. The molecule has 0 unspecified atom stereocenters.